The van der Waals surface area contributed by atoms with Crippen LogP contribution in [0.4, 0.5) is 4.39 Å². The first-order valence-corrected chi connectivity index (χ1v) is 13.5. The number of rotatable bonds is 14. The molecule has 11 heteroatoms. The summed E-state index contributed by atoms with van der Waals surface area (Å²) in [6, 6.07) is 13.0. The van der Waals surface area contributed by atoms with Crippen molar-refractivity contribution in [3.8, 4) is 11.1 Å². The van der Waals surface area contributed by atoms with Crippen LogP contribution in [-0.4, -0.2) is 62.5 Å². The van der Waals surface area contributed by atoms with E-state index < -0.39 is 30.1 Å². The standard InChI is InChI=1S/C30H38FN5O5/c1-18(2)36-25-8-4-3-6-23(25)28(19-9-11-20(31)12-10-19)26(36)14-13-21(37)16-22(38)17-27(39)35-24(29(40)41)7-5-15-34-30(32)33/h3-4,6,8-14,18,21-22,24,37-38H,5,7,15-17H2,1-2H3,(H,35,39)(H,40,41)(H4,32,33,34)/t21-,22-,24+/m0/s1. The lowest BCUT2D eigenvalue weighted by atomic mass is 10.0. The second kappa shape index (κ2) is 14.4. The summed E-state index contributed by atoms with van der Waals surface area (Å²) in [5.74, 6) is -2.30. The number of para-hydroxylation sites is 1. The molecule has 0 aliphatic heterocycles. The number of aliphatic hydroxyl groups excluding tert-OH is 2. The van der Waals surface area contributed by atoms with Gasteiger partial charge in [-0.3, -0.25) is 9.79 Å². The Morgan fingerprint density at radius 3 is 2.41 bits per heavy atom. The molecule has 0 saturated carbocycles. The number of aliphatic imine (C=N–C) groups is 1. The van der Waals surface area contributed by atoms with Crippen LogP contribution in [-0.2, 0) is 9.59 Å². The van der Waals surface area contributed by atoms with Gasteiger partial charge in [-0.15, -0.1) is 0 Å². The highest BCUT2D eigenvalue weighted by molar-refractivity contribution is 6.01. The smallest absolute Gasteiger partial charge is 0.326 e. The zero-order valence-electron chi connectivity index (χ0n) is 23.2. The van der Waals surface area contributed by atoms with Crippen molar-refractivity contribution in [1.82, 2.24) is 9.88 Å². The molecule has 0 fully saturated rings. The van der Waals surface area contributed by atoms with Gasteiger partial charge in [0.25, 0.3) is 0 Å². The van der Waals surface area contributed by atoms with Crippen molar-refractivity contribution in [3.05, 3.63) is 66.1 Å². The van der Waals surface area contributed by atoms with E-state index in [4.69, 9.17) is 11.5 Å². The summed E-state index contributed by atoms with van der Waals surface area (Å²) < 4.78 is 15.8. The van der Waals surface area contributed by atoms with E-state index in [1.165, 1.54) is 12.1 Å². The van der Waals surface area contributed by atoms with E-state index >= 15 is 0 Å². The van der Waals surface area contributed by atoms with E-state index in [1.807, 2.05) is 38.1 Å². The number of aliphatic hydroxyl groups is 2. The van der Waals surface area contributed by atoms with Crippen molar-refractivity contribution < 1.29 is 29.3 Å². The van der Waals surface area contributed by atoms with Crippen molar-refractivity contribution in [3.63, 3.8) is 0 Å². The number of nitrogens with two attached hydrogens (primary N) is 2. The average Bonchev–Trinajstić information content (AvgIpc) is 3.23. The molecule has 1 heterocycles. The van der Waals surface area contributed by atoms with Gasteiger partial charge in [0.15, 0.2) is 5.96 Å². The lowest BCUT2D eigenvalue weighted by Gasteiger charge is -2.17. The van der Waals surface area contributed by atoms with Crippen LogP contribution in [0.25, 0.3) is 28.1 Å². The van der Waals surface area contributed by atoms with E-state index in [0.717, 1.165) is 27.7 Å². The van der Waals surface area contributed by atoms with Crippen molar-refractivity contribution in [2.24, 2.45) is 16.5 Å². The number of aliphatic carboxylic acids is 1. The maximum atomic E-state index is 13.7. The number of benzene rings is 2. The van der Waals surface area contributed by atoms with E-state index in [2.05, 4.69) is 14.9 Å². The summed E-state index contributed by atoms with van der Waals surface area (Å²) in [4.78, 5) is 27.7. The highest BCUT2D eigenvalue weighted by atomic mass is 19.1. The van der Waals surface area contributed by atoms with Crippen molar-refractivity contribution in [1.29, 1.82) is 0 Å². The minimum Gasteiger partial charge on any atom is -0.480 e. The predicted molar refractivity (Wildman–Crippen MR) is 157 cm³/mol. The zero-order chi connectivity index (χ0) is 30.1. The number of halogens is 1. The molecular formula is C30H38FN5O5. The summed E-state index contributed by atoms with van der Waals surface area (Å²) in [5, 5.41) is 33.9. The highest BCUT2D eigenvalue weighted by Gasteiger charge is 2.23. The van der Waals surface area contributed by atoms with Crippen LogP contribution in [0.15, 0.2) is 59.6 Å². The molecule has 2 aromatic carbocycles. The first kappa shape index (κ1) is 31.3. The first-order valence-electron chi connectivity index (χ1n) is 13.5. The van der Waals surface area contributed by atoms with Gasteiger partial charge in [-0.1, -0.05) is 36.4 Å². The van der Waals surface area contributed by atoms with E-state index in [-0.39, 0.29) is 43.6 Å². The van der Waals surface area contributed by atoms with E-state index in [0.29, 0.717) is 6.42 Å². The number of carboxylic acids is 1. The molecule has 0 saturated heterocycles. The molecule has 0 unspecified atom stereocenters. The van der Waals surface area contributed by atoms with Crippen molar-refractivity contribution in [2.75, 3.05) is 6.54 Å². The van der Waals surface area contributed by atoms with Gasteiger partial charge in [-0.25, -0.2) is 9.18 Å². The third kappa shape index (κ3) is 8.63. The van der Waals surface area contributed by atoms with Crippen LogP contribution in [0.3, 0.4) is 0 Å². The third-order valence-corrected chi connectivity index (χ3v) is 6.59. The summed E-state index contributed by atoms with van der Waals surface area (Å²) >= 11 is 0. The third-order valence-electron chi connectivity index (χ3n) is 6.59. The monoisotopic (exact) mass is 567 g/mol. The number of amides is 1. The normalized spacial score (nSPS) is 13.8. The van der Waals surface area contributed by atoms with Crippen LogP contribution >= 0.6 is 0 Å². The predicted octanol–water partition coefficient (Wildman–Crippen LogP) is 3.17. The minimum absolute atomic E-state index is 0.0711. The number of carboxylic acid groups (broad SMARTS) is 1. The molecule has 3 atom stereocenters. The molecule has 0 aliphatic rings. The molecule has 1 aromatic heterocycles. The number of hydrogen-bond donors (Lipinski definition) is 6. The van der Waals surface area contributed by atoms with Crippen LogP contribution in [0.5, 0.6) is 0 Å². The molecule has 41 heavy (non-hydrogen) atoms. The Balaban J connectivity index is 1.72. The number of nitrogens with zero attached hydrogens (tertiary/aromatic N) is 2. The van der Waals surface area contributed by atoms with Gasteiger partial charge in [-0.05, 0) is 56.5 Å². The summed E-state index contributed by atoms with van der Waals surface area (Å²) in [7, 11) is 0. The minimum atomic E-state index is -1.21. The van der Waals surface area contributed by atoms with Gasteiger partial charge in [0.2, 0.25) is 5.91 Å². The fourth-order valence-corrected chi connectivity index (χ4v) is 4.79. The van der Waals surface area contributed by atoms with Crippen LogP contribution in [0.2, 0.25) is 0 Å². The number of fused-ring (bicyclic) bond motifs is 1. The summed E-state index contributed by atoms with van der Waals surface area (Å²) in [6.45, 7) is 4.31. The molecule has 0 aliphatic carbocycles. The summed E-state index contributed by atoms with van der Waals surface area (Å²) in [5.41, 5.74) is 14.0. The summed E-state index contributed by atoms with van der Waals surface area (Å²) in [6.07, 6.45) is 0.951. The van der Waals surface area contributed by atoms with Gasteiger partial charge in [0, 0.05) is 41.2 Å². The highest BCUT2D eigenvalue weighted by Crippen LogP contribution is 2.38. The fraction of sp³-hybridized carbons (Fsp3) is 0.367. The Hall–Kier alpha value is -4.22. The molecule has 220 valence electrons. The zero-order valence-corrected chi connectivity index (χ0v) is 23.2. The molecule has 3 aromatic rings. The molecule has 3 rings (SSSR count). The number of aromatic nitrogens is 1. The van der Waals surface area contributed by atoms with E-state index in [9.17, 15) is 29.3 Å². The Morgan fingerprint density at radius 2 is 1.78 bits per heavy atom. The Kier molecular flexibility index (Phi) is 11.0. The number of guanidine groups is 1. The number of hydrogen-bond acceptors (Lipinski definition) is 5. The SMILES string of the molecule is CC(C)n1c(C=C[C@H](O)C[C@H](O)CC(=O)N[C@H](CCCN=C(N)N)C(=O)O)c(-c2ccc(F)cc2)c2ccccc21. The number of carbonyl (C=O) groups excluding carboxylic acids is 1. The van der Waals surface area contributed by atoms with Crippen LogP contribution < -0.4 is 16.8 Å². The first-order chi connectivity index (χ1) is 19.5. The Labute approximate surface area is 238 Å². The van der Waals surface area contributed by atoms with Crippen LogP contribution in [0.1, 0.15) is 51.3 Å². The van der Waals surface area contributed by atoms with Crippen molar-refractivity contribution >= 4 is 34.8 Å². The molecule has 0 bridgehead atoms. The molecule has 8 N–H and O–H groups in total. The van der Waals surface area contributed by atoms with Gasteiger partial charge in [0.05, 0.1) is 18.6 Å². The Bertz CT molecular complexity index is 1400. The van der Waals surface area contributed by atoms with Gasteiger partial charge >= 0.3 is 5.97 Å². The second-order valence-corrected chi connectivity index (χ2v) is 10.2. The lowest BCUT2D eigenvalue weighted by molar-refractivity contribution is -0.142. The molecule has 10 nitrogen and oxygen atoms in total. The maximum absolute atomic E-state index is 13.7. The topological polar surface area (TPSA) is 176 Å². The van der Waals surface area contributed by atoms with Gasteiger partial charge in [-0.2, -0.15) is 0 Å². The fourth-order valence-electron chi connectivity index (χ4n) is 4.79. The van der Waals surface area contributed by atoms with Gasteiger partial charge in [0.1, 0.15) is 11.9 Å². The number of nitrogens with one attached hydrogen (secondary N) is 1. The molecule has 1 amide bonds. The second-order valence-electron chi connectivity index (χ2n) is 10.2. The van der Waals surface area contributed by atoms with Gasteiger partial charge < -0.3 is 36.7 Å². The van der Waals surface area contributed by atoms with E-state index in [1.54, 1.807) is 24.3 Å². The molecule has 0 radical (unpaired) electrons. The number of carbonyl (C=O) groups is 2. The quantitative estimate of drug-likeness (QED) is 0.0984. The average molecular weight is 568 g/mol. The lowest BCUT2D eigenvalue weighted by Crippen LogP contribution is -2.42. The van der Waals surface area contributed by atoms with Crippen LogP contribution in [0, 0.1) is 5.82 Å². The Morgan fingerprint density at radius 1 is 1.10 bits per heavy atom. The largest absolute Gasteiger partial charge is 0.480 e. The molecule has 0 spiro atoms. The maximum Gasteiger partial charge on any atom is 0.326 e. The molecular weight excluding hydrogens is 529 g/mol. The van der Waals surface area contributed by atoms with Crippen molar-refractivity contribution in [2.45, 2.75) is 63.8 Å².